The molecule has 0 unspecified atom stereocenters. The predicted molar refractivity (Wildman–Crippen MR) is 155 cm³/mol. The minimum absolute atomic E-state index is 0.161. The first kappa shape index (κ1) is 30.0. The number of amides is 1. The van der Waals surface area contributed by atoms with Gasteiger partial charge in [0.25, 0.3) is 0 Å². The standard InChI is InChI=1S/C32H36N4O5/c1-2-3-19-28(37)34-29-31(40-22-26-17-11-6-12-18-26)30(39-21-25-15-9-5-10-16-25)27(41-32(29)35-36-33)23-38-20-24-13-7-4-8-14-24/h2,4-18,27,29-32H,1,3,19-23H2,(H,34,37)/t27-,29-,30-,31-,32-/m1/s1. The van der Waals surface area contributed by atoms with Crippen molar-refractivity contribution in [1.82, 2.24) is 5.32 Å². The highest BCUT2D eigenvalue weighted by molar-refractivity contribution is 5.76. The van der Waals surface area contributed by atoms with Crippen LogP contribution in [-0.2, 0) is 43.6 Å². The smallest absolute Gasteiger partial charge is 0.220 e. The highest BCUT2D eigenvalue weighted by Crippen LogP contribution is 2.29. The van der Waals surface area contributed by atoms with E-state index < -0.39 is 30.6 Å². The lowest BCUT2D eigenvalue weighted by Gasteiger charge is -2.45. The molecule has 1 aliphatic heterocycles. The summed E-state index contributed by atoms with van der Waals surface area (Å²) in [6.45, 7) is 4.78. The van der Waals surface area contributed by atoms with Gasteiger partial charge in [-0.2, -0.15) is 0 Å². The summed E-state index contributed by atoms with van der Waals surface area (Å²) in [5.74, 6) is -0.231. The average molecular weight is 557 g/mol. The van der Waals surface area contributed by atoms with Crippen LogP contribution < -0.4 is 5.32 Å². The Morgan fingerprint density at radius 3 is 1.95 bits per heavy atom. The van der Waals surface area contributed by atoms with E-state index in [1.165, 1.54) is 0 Å². The van der Waals surface area contributed by atoms with Crippen molar-refractivity contribution in [2.75, 3.05) is 6.61 Å². The quantitative estimate of drug-likeness (QED) is 0.109. The van der Waals surface area contributed by atoms with Gasteiger partial charge in [-0.15, -0.1) is 6.58 Å². The lowest BCUT2D eigenvalue weighted by Crippen LogP contribution is -2.65. The second-order valence-corrected chi connectivity index (χ2v) is 9.71. The Morgan fingerprint density at radius 1 is 0.878 bits per heavy atom. The molecule has 0 aromatic heterocycles. The first-order chi connectivity index (χ1) is 20.2. The number of ether oxygens (including phenoxy) is 4. The Morgan fingerprint density at radius 2 is 1.41 bits per heavy atom. The van der Waals surface area contributed by atoms with Crippen LogP contribution in [0.5, 0.6) is 0 Å². The fraction of sp³-hybridized carbons (Fsp3) is 0.344. The van der Waals surface area contributed by atoms with E-state index in [0.29, 0.717) is 19.6 Å². The van der Waals surface area contributed by atoms with Gasteiger partial charge in [0.2, 0.25) is 5.91 Å². The topological polar surface area (TPSA) is 115 Å². The highest BCUT2D eigenvalue weighted by Gasteiger charge is 2.48. The zero-order chi connectivity index (χ0) is 28.7. The molecule has 9 heteroatoms. The minimum Gasteiger partial charge on any atom is -0.374 e. The number of rotatable bonds is 15. The van der Waals surface area contributed by atoms with Crippen LogP contribution in [0.4, 0.5) is 0 Å². The van der Waals surface area contributed by atoms with Gasteiger partial charge in [-0.25, -0.2) is 0 Å². The van der Waals surface area contributed by atoms with E-state index in [9.17, 15) is 10.3 Å². The van der Waals surface area contributed by atoms with Crippen molar-refractivity contribution >= 4 is 5.91 Å². The number of carbonyl (C=O) groups is 1. The molecular weight excluding hydrogens is 520 g/mol. The maximum Gasteiger partial charge on any atom is 0.220 e. The first-order valence-corrected chi connectivity index (χ1v) is 13.7. The fourth-order valence-corrected chi connectivity index (χ4v) is 4.65. The maximum atomic E-state index is 12.9. The van der Waals surface area contributed by atoms with Crippen LogP contribution in [0.25, 0.3) is 10.4 Å². The molecule has 0 spiro atoms. The molecular formula is C32H36N4O5. The molecule has 3 aromatic carbocycles. The molecule has 1 N–H and O–H groups in total. The number of hydrogen-bond acceptors (Lipinski definition) is 6. The van der Waals surface area contributed by atoms with Gasteiger partial charge in [0.05, 0.1) is 32.5 Å². The van der Waals surface area contributed by atoms with Gasteiger partial charge in [-0.3, -0.25) is 4.79 Å². The molecule has 1 aliphatic rings. The normalized spacial score (nSPS) is 21.9. The summed E-state index contributed by atoms with van der Waals surface area (Å²) in [7, 11) is 0. The third-order valence-electron chi connectivity index (χ3n) is 6.70. The van der Waals surface area contributed by atoms with Crippen LogP contribution in [0.15, 0.2) is 109 Å². The van der Waals surface area contributed by atoms with Crippen LogP contribution in [0.1, 0.15) is 29.5 Å². The molecule has 0 aliphatic carbocycles. The molecule has 1 saturated heterocycles. The number of nitrogens with zero attached hydrogens (tertiary/aromatic N) is 3. The highest BCUT2D eigenvalue weighted by atomic mass is 16.6. The van der Waals surface area contributed by atoms with Crippen molar-refractivity contribution in [2.45, 2.75) is 63.2 Å². The summed E-state index contributed by atoms with van der Waals surface area (Å²) < 4.78 is 25.3. The zero-order valence-electron chi connectivity index (χ0n) is 23.0. The second-order valence-electron chi connectivity index (χ2n) is 9.71. The summed E-state index contributed by atoms with van der Waals surface area (Å²) in [4.78, 5) is 15.9. The van der Waals surface area contributed by atoms with Crippen molar-refractivity contribution in [2.24, 2.45) is 5.11 Å². The van der Waals surface area contributed by atoms with Crippen LogP contribution in [0, 0.1) is 0 Å². The Balaban J connectivity index is 1.61. The molecule has 3 aromatic rings. The van der Waals surface area contributed by atoms with Gasteiger partial charge in [0.1, 0.15) is 18.3 Å². The van der Waals surface area contributed by atoms with Gasteiger partial charge in [-0.05, 0) is 28.6 Å². The Hall–Kier alpha value is -3.98. The average Bonchev–Trinajstić information content (AvgIpc) is 3.01. The lowest BCUT2D eigenvalue weighted by molar-refractivity contribution is -0.231. The van der Waals surface area contributed by atoms with Crippen molar-refractivity contribution < 1.29 is 23.7 Å². The number of benzene rings is 3. The Bertz CT molecular complexity index is 1250. The summed E-state index contributed by atoms with van der Waals surface area (Å²) >= 11 is 0. The van der Waals surface area contributed by atoms with E-state index in [2.05, 4.69) is 21.9 Å². The zero-order valence-corrected chi connectivity index (χ0v) is 23.0. The molecule has 0 bridgehead atoms. The van der Waals surface area contributed by atoms with E-state index in [1.54, 1.807) is 6.08 Å². The van der Waals surface area contributed by atoms with Crippen molar-refractivity contribution in [1.29, 1.82) is 0 Å². The van der Waals surface area contributed by atoms with Crippen molar-refractivity contribution in [3.05, 3.63) is 131 Å². The first-order valence-electron chi connectivity index (χ1n) is 13.7. The van der Waals surface area contributed by atoms with Crippen LogP contribution >= 0.6 is 0 Å². The second kappa shape index (κ2) is 16.3. The van der Waals surface area contributed by atoms with Crippen LogP contribution in [-0.4, -0.2) is 43.1 Å². The minimum atomic E-state index is -1.03. The Kier molecular flexibility index (Phi) is 11.9. The van der Waals surface area contributed by atoms with E-state index in [-0.39, 0.29) is 25.5 Å². The molecule has 1 amide bonds. The fourth-order valence-electron chi connectivity index (χ4n) is 4.65. The molecule has 0 saturated carbocycles. The van der Waals surface area contributed by atoms with Crippen LogP contribution in [0.2, 0.25) is 0 Å². The number of carbonyl (C=O) groups excluding carboxylic acids is 1. The van der Waals surface area contributed by atoms with Gasteiger partial charge in [0.15, 0.2) is 6.23 Å². The summed E-state index contributed by atoms with van der Waals surface area (Å²) in [5, 5.41) is 6.89. The molecule has 9 nitrogen and oxygen atoms in total. The summed E-state index contributed by atoms with van der Waals surface area (Å²) in [6, 6.07) is 28.5. The molecule has 214 valence electrons. The van der Waals surface area contributed by atoms with Crippen molar-refractivity contribution in [3.8, 4) is 0 Å². The molecule has 1 heterocycles. The van der Waals surface area contributed by atoms with Gasteiger partial charge < -0.3 is 24.3 Å². The number of azide groups is 1. The number of allylic oxidation sites excluding steroid dienone is 1. The molecule has 1 fully saturated rings. The lowest BCUT2D eigenvalue weighted by atomic mass is 9.95. The van der Waals surface area contributed by atoms with Gasteiger partial charge in [-0.1, -0.05) is 102 Å². The van der Waals surface area contributed by atoms with E-state index in [4.69, 9.17) is 18.9 Å². The SMILES string of the molecule is C=CCCC(=O)N[C@@H]1[C@@H](OCc2ccccc2)[C@H](OCc2ccccc2)[C@@H](COCc2ccccc2)O[C@H]1N=[N+]=[N-]. The molecule has 4 rings (SSSR count). The molecule has 5 atom stereocenters. The maximum absolute atomic E-state index is 12.9. The van der Waals surface area contributed by atoms with E-state index in [0.717, 1.165) is 16.7 Å². The summed E-state index contributed by atoms with van der Waals surface area (Å²) in [5.41, 5.74) is 12.3. The van der Waals surface area contributed by atoms with Crippen LogP contribution in [0.3, 0.4) is 0 Å². The third-order valence-corrected chi connectivity index (χ3v) is 6.70. The Labute approximate surface area is 240 Å². The largest absolute Gasteiger partial charge is 0.374 e. The van der Waals surface area contributed by atoms with Crippen molar-refractivity contribution in [3.63, 3.8) is 0 Å². The molecule has 41 heavy (non-hydrogen) atoms. The van der Waals surface area contributed by atoms with E-state index in [1.807, 2.05) is 91.0 Å². The van der Waals surface area contributed by atoms with Gasteiger partial charge >= 0.3 is 0 Å². The monoisotopic (exact) mass is 556 g/mol. The number of nitrogens with one attached hydrogen (secondary N) is 1. The number of hydrogen-bond donors (Lipinski definition) is 1. The third kappa shape index (κ3) is 9.28. The molecule has 0 radical (unpaired) electrons. The summed E-state index contributed by atoms with van der Waals surface area (Å²) in [6.07, 6.45) is -0.614. The van der Waals surface area contributed by atoms with Gasteiger partial charge in [0, 0.05) is 11.3 Å². The van der Waals surface area contributed by atoms with E-state index >= 15 is 0 Å². The predicted octanol–water partition coefficient (Wildman–Crippen LogP) is 5.86.